The quantitative estimate of drug-likeness (QED) is 0.386. The average Bonchev–Trinajstić information content (AvgIpc) is 2.50. The van der Waals surface area contributed by atoms with E-state index in [0.717, 1.165) is 5.56 Å². The summed E-state index contributed by atoms with van der Waals surface area (Å²) in [5, 5.41) is 8.77. The van der Waals surface area contributed by atoms with Crippen molar-refractivity contribution >= 4 is 11.8 Å². The van der Waals surface area contributed by atoms with Crippen LogP contribution in [0.3, 0.4) is 0 Å². The lowest BCUT2D eigenvalue weighted by Gasteiger charge is -2.11. The van der Waals surface area contributed by atoms with E-state index in [2.05, 4.69) is 4.99 Å². The molecule has 1 atom stereocenters. The topological polar surface area (TPSA) is 137 Å². The molecule has 116 valence electrons. The first-order chi connectivity index (χ1) is 9.97. The van der Waals surface area contributed by atoms with Gasteiger partial charge in [-0.15, -0.1) is 0 Å². The van der Waals surface area contributed by atoms with Crippen LogP contribution in [-0.2, 0) is 4.79 Å². The maximum atomic E-state index is 10.7. The van der Waals surface area contributed by atoms with Gasteiger partial charge in [-0.25, -0.2) is 0 Å². The number of amidine groups is 1. The van der Waals surface area contributed by atoms with Crippen LogP contribution in [0.15, 0.2) is 29.3 Å². The predicted molar refractivity (Wildman–Crippen MR) is 81.4 cm³/mol. The summed E-state index contributed by atoms with van der Waals surface area (Å²) in [7, 11) is 0. The number of aliphatic carboxylic acids is 1. The Kier molecular flexibility index (Phi) is 6.64. The third-order valence-corrected chi connectivity index (χ3v) is 2.94. The van der Waals surface area contributed by atoms with Crippen LogP contribution >= 0.6 is 0 Å². The van der Waals surface area contributed by atoms with Crippen molar-refractivity contribution in [3.63, 3.8) is 0 Å². The van der Waals surface area contributed by atoms with Gasteiger partial charge in [0.05, 0.1) is 12.0 Å². The van der Waals surface area contributed by atoms with Gasteiger partial charge in [-0.2, -0.15) is 0 Å². The molecule has 0 radical (unpaired) electrons. The van der Waals surface area contributed by atoms with Gasteiger partial charge in [-0.05, 0) is 31.2 Å². The van der Waals surface area contributed by atoms with Gasteiger partial charge in [0.15, 0.2) is 0 Å². The Morgan fingerprint density at radius 2 is 1.86 bits per heavy atom. The van der Waals surface area contributed by atoms with Crippen molar-refractivity contribution in [1.29, 1.82) is 0 Å². The van der Waals surface area contributed by atoms with Crippen molar-refractivity contribution in [2.24, 2.45) is 28.1 Å². The predicted octanol–water partition coefficient (Wildman–Crippen LogP) is -0.223. The number of aliphatic imine (C=N–C) groups is 1. The molecule has 0 saturated heterocycles. The van der Waals surface area contributed by atoms with Crippen molar-refractivity contribution in [3.8, 4) is 5.75 Å². The zero-order valence-electron chi connectivity index (χ0n) is 12.0. The number of ether oxygens (including phenoxy) is 1. The highest BCUT2D eigenvalue weighted by Gasteiger charge is 2.11. The van der Waals surface area contributed by atoms with Crippen LogP contribution in [-0.4, -0.2) is 42.6 Å². The zero-order valence-corrected chi connectivity index (χ0v) is 12.0. The Morgan fingerprint density at radius 1 is 1.29 bits per heavy atom. The highest BCUT2D eigenvalue weighted by Crippen LogP contribution is 2.13. The molecule has 0 spiro atoms. The smallest absolute Gasteiger partial charge is 0.309 e. The van der Waals surface area contributed by atoms with Gasteiger partial charge in [0, 0.05) is 18.7 Å². The molecule has 0 saturated carbocycles. The van der Waals surface area contributed by atoms with Crippen molar-refractivity contribution < 1.29 is 14.6 Å². The monoisotopic (exact) mass is 294 g/mol. The number of carbonyl (C=O) groups is 1. The Balaban J connectivity index is 2.67. The van der Waals surface area contributed by atoms with Gasteiger partial charge in [-0.1, -0.05) is 0 Å². The van der Waals surface area contributed by atoms with Crippen molar-refractivity contribution in [3.05, 3.63) is 29.8 Å². The molecule has 7 nitrogen and oxygen atoms in total. The van der Waals surface area contributed by atoms with Crippen LogP contribution in [0.1, 0.15) is 12.5 Å². The van der Waals surface area contributed by atoms with E-state index in [9.17, 15) is 4.79 Å². The van der Waals surface area contributed by atoms with Gasteiger partial charge in [0.2, 0.25) is 0 Å². The third kappa shape index (κ3) is 5.41. The molecule has 0 aliphatic rings. The third-order valence-electron chi connectivity index (χ3n) is 2.94. The second-order valence-electron chi connectivity index (χ2n) is 4.71. The zero-order chi connectivity index (χ0) is 15.8. The first-order valence-electron chi connectivity index (χ1n) is 6.67. The summed E-state index contributed by atoms with van der Waals surface area (Å²) in [6, 6.07) is 6.74. The Morgan fingerprint density at radius 3 is 2.33 bits per heavy atom. The maximum absolute atomic E-state index is 10.7. The summed E-state index contributed by atoms with van der Waals surface area (Å²) in [4.78, 5) is 14.9. The van der Waals surface area contributed by atoms with Crippen LogP contribution in [0.4, 0.5) is 0 Å². The number of carboxylic acid groups (broad SMARTS) is 1. The lowest BCUT2D eigenvalue weighted by molar-refractivity contribution is -0.142. The molecule has 1 unspecified atom stereocenters. The fourth-order valence-electron chi connectivity index (χ4n) is 1.49. The molecule has 1 aromatic rings. The number of hydrogen-bond acceptors (Lipinski definition) is 5. The Labute approximate surface area is 123 Å². The lowest BCUT2D eigenvalue weighted by Crippen LogP contribution is -2.30. The first kappa shape index (κ1) is 16.9. The minimum Gasteiger partial charge on any atom is -0.493 e. The summed E-state index contributed by atoms with van der Waals surface area (Å²) < 4.78 is 5.39. The van der Waals surface area contributed by atoms with E-state index >= 15 is 0 Å². The molecular formula is C14H22N4O3. The summed E-state index contributed by atoms with van der Waals surface area (Å²) in [5.41, 5.74) is 17.6. The van der Waals surface area contributed by atoms with E-state index in [4.69, 9.17) is 27.0 Å². The van der Waals surface area contributed by atoms with Crippen LogP contribution in [0.25, 0.3) is 0 Å². The SMILES string of the molecule is CC(COc1ccc(C(N)=NC(CN)CN)cc1)C(=O)O. The first-order valence-corrected chi connectivity index (χ1v) is 6.67. The highest BCUT2D eigenvalue weighted by molar-refractivity contribution is 5.97. The van der Waals surface area contributed by atoms with Crippen LogP contribution in [0, 0.1) is 5.92 Å². The standard InChI is InChI=1S/C14H22N4O3/c1-9(14(19)20)8-21-12-4-2-10(3-5-12)13(17)18-11(6-15)7-16/h2-5,9,11H,6-8,15-16H2,1H3,(H2,17,18)(H,19,20). The number of nitrogens with zero attached hydrogens (tertiary/aromatic N) is 1. The van der Waals surface area contributed by atoms with Gasteiger partial charge >= 0.3 is 5.97 Å². The molecule has 21 heavy (non-hydrogen) atoms. The van der Waals surface area contributed by atoms with Crippen molar-refractivity contribution in [2.45, 2.75) is 13.0 Å². The summed E-state index contributed by atoms with van der Waals surface area (Å²) in [5.74, 6) is -0.515. The van der Waals surface area contributed by atoms with Crippen LogP contribution < -0.4 is 21.9 Å². The van der Waals surface area contributed by atoms with Crippen molar-refractivity contribution in [1.82, 2.24) is 0 Å². The molecule has 1 rings (SSSR count). The molecule has 0 fully saturated rings. The molecule has 0 amide bonds. The minimum atomic E-state index is -0.891. The Hall–Kier alpha value is -2.12. The number of carboxylic acids is 1. The second-order valence-corrected chi connectivity index (χ2v) is 4.71. The van der Waals surface area contributed by atoms with Gasteiger partial charge in [0.25, 0.3) is 0 Å². The number of nitrogens with two attached hydrogens (primary N) is 3. The van der Waals surface area contributed by atoms with E-state index in [1.165, 1.54) is 0 Å². The molecule has 0 aliphatic carbocycles. The number of hydrogen-bond donors (Lipinski definition) is 4. The van der Waals surface area contributed by atoms with E-state index in [-0.39, 0.29) is 12.6 Å². The van der Waals surface area contributed by atoms with E-state index in [1.807, 2.05) is 0 Å². The average molecular weight is 294 g/mol. The molecule has 1 aromatic carbocycles. The van der Waals surface area contributed by atoms with E-state index < -0.39 is 11.9 Å². The molecular weight excluding hydrogens is 272 g/mol. The minimum absolute atomic E-state index is 0.112. The van der Waals surface area contributed by atoms with Gasteiger partial charge in [0.1, 0.15) is 18.2 Å². The Bertz CT molecular complexity index is 483. The van der Waals surface area contributed by atoms with Gasteiger partial charge in [-0.3, -0.25) is 9.79 Å². The molecule has 7 N–H and O–H groups in total. The fourth-order valence-corrected chi connectivity index (χ4v) is 1.49. The number of benzene rings is 1. The van der Waals surface area contributed by atoms with Gasteiger partial charge < -0.3 is 27.0 Å². The molecule has 0 heterocycles. The van der Waals surface area contributed by atoms with E-state index in [0.29, 0.717) is 24.7 Å². The van der Waals surface area contributed by atoms with E-state index in [1.54, 1.807) is 31.2 Å². The highest BCUT2D eigenvalue weighted by atomic mass is 16.5. The summed E-state index contributed by atoms with van der Waals surface area (Å²) in [6.07, 6.45) is 0. The summed E-state index contributed by atoms with van der Waals surface area (Å²) in [6.45, 7) is 2.37. The second kappa shape index (κ2) is 8.23. The molecule has 0 aromatic heterocycles. The fraction of sp³-hybridized carbons (Fsp3) is 0.429. The van der Waals surface area contributed by atoms with Crippen LogP contribution in [0.2, 0.25) is 0 Å². The largest absolute Gasteiger partial charge is 0.493 e. The molecule has 7 heteroatoms. The summed E-state index contributed by atoms with van der Waals surface area (Å²) >= 11 is 0. The maximum Gasteiger partial charge on any atom is 0.309 e. The molecule has 0 bridgehead atoms. The van der Waals surface area contributed by atoms with Crippen LogP contribution in [0.5, 0.6) is 5.75 Å². The van der Waals surface area contributed by atoms with Crippen molar-refractivity contribution in [2.75, 3.05) is 19.7 Å². The molecule has 0 aliphatic heterocycles. The normalized spacial score (nSPS) is 13.2. The lowest BCUT2D eigenvalue weighted by atomic mass is 10.2. The number of rotatable bonds is 8.